The van der Waals surface area contributed by atoms with E-state index < -0.39 is 47.1 Å². The van der Waals surface area contributed by atoms with Crippen molar-refractivity contribution in [1.29, 1.82) is 0 Å². The molecule has 0 saturated heterocycles. The molecule has 0 aromatic heterocycles. The van der Waals surface area contributed by atoms with Crippen LogP contribution in [0.1, 0.15) is 55.4 Å². The molecule has 1 atom stereocenters. The smallest absolute Gasteiger partial charge is 0.416 e. The Bertz CT molecular complexity index is 1690. The largest absolute Gasteiger partial charge is 0.464 e. The van der Waals surface area contributed by atoms with Crippen molar-refractivity contribution in [3.8, 4) is 11.1 Å². The van der Waals surface area contributed by atoms with E-state index in [0.29, 0.717) is 11.3 Å². The van der Waals surface area contributed by atoms with Crippen molar-refractivity contribution >= 4 is 29.5 Å². The van der Waals surface area contributed by atoms with Crippen LogP contribution in [0.5, 0.6) is 0 Å². The number of fused-ring (bicyclic) bond motifs is 17. The van der Waals surface area contributed by atoms with Gasteiger partial charge in [0.2, 0.25) is 11.8 Å². The summed E-state index contributed by atoms with van der Waals surface area (Å²) in [5, 5.41) is 11.5. The lowest BCUT2D eigenvalue weighted by molar-refractivity contribution is -0.143. The summed E-state index contributed by atoms with van der Waals surface area (Å²) < 4.78 is 46.2. The summed E-state index contributed by atoms with van der Waals surface area (Å²) in [5.41, 5.74) is 2.50. The molecule has 3 heterocycles. The van der Waals surface area contributed by atoms with E-state index in [0.717, 1.165) is 34.4 Å². The second kappa shape index (κ2) is 15.1. The van der Waals surface area contributed by atoms with Gasteiger partial charge in [-0.05, 0) is 72.7 Å². The molecule has 10 nitrogen and oxygen atoms in total. The number of amides is 4. The van der Waals surface area contributed by atoms with Gasteiger partial charge in [0.05, 0.1) is 18.5 Å². The third kappa shape index (κ3) is 9.38. The number of esters is 1. The summed E-state index contributed by atoms with van der Waals surface area (Å²) in [4.78, 5) is 53.4. The average Bonchev–Trinajstić information content (AvgIpc) is 3.17. The fraction of sp³-hybridized carbons (Fsp3) is 0.389. The summed E-state index contributed by atoms with van der Waals surface area (Å²) in [6.45, 7) is 4.27. The predicted molar refractivity (Wildman–Crippen MR) is 177 cm³/mol. The number of halogens is 3. The highest BCUT2D eigenvalue weighted by Crippen LogP contribution is 2.36. The Hall–Kier alpha value is -4.91. The van der Waals surface area contributed by atoms with Crippen molar-refractivity contribution in [3.05, 3.63) is 89.0 Å². The van der Waals surface area contributed by atoms with Gasteiger partial charge >= 0.3 is 18.2 Å². The molecule has 260 valence electrons. The second-order valence-electron chi connectivity index (χ2n) is 12.8. The van der Waals surface area contributed by atoms with Crippen LogP contribution in [0.15, 0.2) is 66.7 Å². The molecule has 4 N–H and O–H groups in total. The van der Waals surface area contributed by atoms with E-state index in [1.165, 1.54) is 11.0 Å². The van der Waals surface area contributed by atoms with Crippen LogP contribution in [-0.4, -0.2) is 55.1 Å². The molecule has 13 heteroatoms. The zero-order chi connectivity index (χ0) is 35.2. The molecule has 3 aromatic rings. The summed E-state index contributed by atoms with van der Waals surface area (Å²) >= 11 is 0. The quantitative estimate of drug-likeness (QED) is 0.252. The predicted octanol–water partition coefficient (Wildman–Crippen LogP) is 4.84. The molecule has 3 aliphatic heterocycles. The van der Waals surface area contributed by atoms with Crippen molar-refractivity contribution < 1.29 is 37.1 Å². The fourth-order valence-corrected chi connectivity index (χ4v) is 6.03. The minimum atomic E-state index is -4.55. The Morgan fingerprint density at radius 2 is 1.63 bits per heavy atom. The van der Waals surface area contributed by atoms with E-state index in [9.17, 15) is 32.3 Å². The Labute approximate surface area is 282 Å². The van der Waals surface area contributed by atoms with Gasteiger partial charge in [-0.2, -0.15) is 13.2 Å². The fourth-order valence-electron chi connectivity index (χ4n) is 6.03. The van der Waals surface area contributed by atoms with E-state index in [4.69, 9.17) is 4.74 Å². The molecule has 4 amide bonds. The molecular weight excluding hydrogens is 639 g/mol. The highest BCUT2D eigenvalue weighted by Gasteiger charge is 2.36. The molecule has 0 aliphatic carbocycles. The van der Waals surface area contributed by atoms with E-state index in [1.807, 2.05) is 48.5 Å². The minimum absolute atomic E-state index is 0.0160. The van der Waals surface area contributed by atoms with Crippen molar-refractivity contribution in [2.45, 2.75) is 70.4 Å². The van der Waals surface area contributed by atoms with Crippen LogP contribution in [0.2, 0.25) is 0 Å². The van der Waals surface area contributed by atoms with Gasteiger partial charge in [0.1, 0.15) is 12.6 Å². The maximum Gasteiger partial charge on any atom is 0.416 e. The maximum absolute atomic E-state index is 14.0. The average molecular weight is 680 g/mol. The number of urea groups is 1. The van der Waals surface area contributed by atoms with E-state index in [2.05, 4.69) is 21.3 Å². The van der Waals surface area contributed by atoms with Crippen molar-refractivity contribution in [2.24, 2.45) is 0 Å². The molecular formula is C36H40F3N5O5. The van der Waals surface area contributed by atoms with Gasteiger partial charge in [0.25, 0.3) is 0 Å². The number of hydrogen-bond donors (Lipinski definition) is 4. The number of ether oxygens (including phenoxy) is 1. The molecule has 0 radical (unpaired) electrons. The number of hydrogen-bond acceptors (Lipinski definition) is 6. The van der Waals surface area contributed by atoms with E-state index >= 15 is 0 Å². The van der Waals surface area contributed by atoms with E-state index in [1.54, 1.807) is 13.8 Å². The summed E-state index contributed by atoms with van der Waals surface area (Å²) in [6, 6.07) is 17.0. The van der Waals surface area contributed by atoms with Crippen LogP contribution in [0.25, 0.3) is 11.1 Å². The lowest BCUT2D eigenvalue weighted by atomic mass is 9.98. The van der Waals surface area contributed by atoms with Crippen LogP contribution in [-0.2, 0) is 44.8 Å². The van der Waals surface area contributed by atoms with Crippen LogP contribution in [0.3, 0.4) is 0 Å². The molecule has 4 bridgehead atoms. The second-order valence-corrected chi connectivity index (χ2v) is 12.8. The number of carbonyl (C=O) groups excluding carboxylic acids is 4. The van der Waals surface area contributed by atoms with Gasteiger partial charge in [0.15, 0.2) is 0 Å². The first-order valence-electron chi connectivity index (χ1n) is 16.2. The monoisotopic (exact) mass is 679 g/mol. The molecule has 6 rings (SSSR count). The number of carbonyl (C=O) groups is 4. The van der Waals surface area contributed by atoms with Crippen LogP contribution < -0.4 is 26.2 Å². The van der Waals surface area contributed by atoms with Crippen molar-refractivity contribution in [1.82, 2.24) is 21.3 Å². The third-order valence-corrected chi connectivity index (χ3v) is 8.55. The topological polar surface area (TPSA) is 129 Å². The van der Waals surface area contributed by atoms with Crippen LogP contribution in [0, 0.1) is 0 Å². The first kappa shape index (κ1) is 35.4. The third-order valence-electron chi connectivity index (χ3n) is 8.55. The zero-order valence-electron chi connectivity index (χ0n) is 27.4. The molecule has 49 heavy (non-hydrogen) atoms. The van der Waals surface area contributed by atoms with Crippen molar-refractivity contribution in [3.63, 3.8) is 0 Å². The molecule has 3 aliphatic rings. The zero-order valence-corrected chi connectivity index (χ0v) is 27.4. The minimum Gasteiger partial charge on any atom is -0.464 e. The normalized spacial score (nSPS) is 19.9. The molecule has 0 spiro atoms. The SMILES string of the molecule is CC1(C)CC(=O)N[C@@H]2CCc3cc(C(F)(F)F)ccc3N(Cc3ccc(cc3)-c3ccccc3CNC(=O)NCCC(=O)OCCN1)C2=O. The highest BCUT2D eigenvalue weighted by atomic mass is 19.4. The Kier molecular flexibility index (Phi) is 10.9. The Morgan fingerprint density at radius 1 is 0.878 bits per heavy atom. The van der Waals surface area contributed by atoms with Gasteiger partial charge < -0.3 is 30.9 Å². The van der Waals surface area contributed by atoms with Crippen LogP contribution in [0.4, 0.5) is 23.7 Å². The summed E-state index contributed by atoms with van der Waals surface area (Å²) in [5.74, 6) is -1.32. The van der Waals surface area contributed by atoms with Gasteiger partial charge in [0, 0.05) is 37.3 Å². The molecule has 3 aromatic carbocycles. The lowest BCUT2D eigenvalue weighted by Crippen LogP contribution is -2.51. The highest BCUT2D eigenvalue weighted by molar-refractivity contribution is 6.00. The first-order chi connectivity index (χ1) is 23.3. The number of anilines is 1. The van der Waals surface area contributed by atoms with Gasteiger partial charge in [-0.15, -0.1) is 0 Å². The summed E-state index contributed by atoms with van der Waals surface area (Å²) in [6.07, 6.45) is -4.31. The maximum atomic E-state index is 14.0. The van der Waals surface area contributed by atoms with Crippen LogP contribution >= 0.6 is 0 Å². The number of nitrogens with zero attached hydrogens (tertiary/aromatic N) is 1. The van der Waals surface area contributed by atoms with Crippen molar-refractivity contribution in [2.75, 3.05) is 24.6 Å². The number of rotatable bonds is 0. The van der Waals surface area contributed by atoms with Gasteiger partial charge in [-0.25, -0.2) is 4.79 Å². The molecule has 0 unspecified atom stereocenters. The van der Waals surface area contributed by atoms with Gasteiger partial charge in [-0.3, -0.25) is 14.4 Å². The Morgan fingerprint density at radius 3 is 2.39 bits per heavy atom. The number of benzene rings is 3. The number of nitrogens with one attached hydrogen (secondary N) is 4. The molecule has 0 fully saturated rings. The number of aryl methyl sites for hydroxylation is 1. The number of alkyl halides is 3. The Balaban J connectivity index is 1.46. The standard InChI is InChI=1S/C36H40F3N5O5/c1-35(2)20-31(45)43-29-13-11-25-19-27(36(37,38)39)12-14-30(25)44(33(29)47)22-23-7-9-24(10-8-23)28-6-4-3-5-26(28)21-41-34(48)40-16-15-32(46)49-18-17-42-35/h3-10,12,14,19,29,42H,11,13,15-18,20-22H2,1-2H3,(H,43,45)(H2,40,41,48)/t29-/m1/s1. The summed E-state index contributed by atoms with van der Waals surface area (Å²) in [7, 11) is 0. The van der Waals surface area contributed by atoms with E-state index in [-0.39, 0.29) is 58.5 Å². The first-order valence-corrected chi connectivity index (χ1v) is 16.2. The lowest BCUT2D eigenvalue weighted by Gasteiger charge is -2.29. The van der Waals surface area contributed by atoms with Gasteiger partial charge in [-0.1, -0.05) is 48.5 Å². The molecule has 0 saturated carbocycles.